The first-order chi connectivity index (χ1) is 14.4. The van der Waals surface area contributed by atoms with Crippen LogP contribution in [0.4, 0.5) is 8.78 Å². The first kappa shape index (κ1) is 25.7. The molecule has 2 saturated heterocycles. The van der Waals surface area contributed by atoms with E-state index < -0.39 is 17.7 Å². The zero-order chi connectivity index (χ0) is 21.7. The minimum atomic E-state index is -0.563. The van der Waals surface area contributed by atoms with Gasteiger partial charge in [-0.15, -0.1) is 24.0 Å². The molecule has 1 amide bonds. The topological polar surface area (TPSA) is 60.4 Å². The van der Waals surface area contributed by atoms with Gasteiger partial charge in [-0.1, -0.05) is 6.07 Å². The average molecular weight is 551 g/mol. The van der Waals surface area contributed by atoms with Crippen LogP contribution in [0.1, 0.15) is 24.4 Å². The minimum Gasteiger partial charge on any atom is -0.368 e. The van der Waals surface area contributed by atoms with Gasteiger partial charge in [0.2, 0.25) is 0 Å². The highest BCUT2D eigenvalue weighted by Crippen LogP contribution is 2.24. The Morgan fingerprint density at radius 3 is 2.35 bits per heavy atom. The van der Waals surface area contributed by atoms with Crippen molar-refractivity contribution < 1.29 is 18.3 Å². The molecule has 2 heterocycles. The predicted octanol–water partition coefficient (Wildman–Crippen LogP) is 2.08. The molecule has 0 bridgehead atoms. The molecule has 0 aliphatic carbocycles. The number of carbonyl (C=O) groups excluding carboxylic acids is 1. The van der Waals surface area contributed by atoms with Crippen molar-refractivity contribution in [2.45, 2.75) is 25.0 Å². The first-order valence-electron chi connectivity index (χ1n) is 10.4. The quantitative estimate of drug-likeness (QED) is 0.345. The fourth-order valence-corrected chi connectivity index (χ4v) is 4.01. The van der Waals surface area contributed by atoms with Crippen LogP contribution in [0.3, 0.4) is 0 Å². The summed E-state index contributed by atoms with van der Waals surface area (Å²) < 4.78 is 34.1. The fraction of sp³-hybridized carbons (Fsp3) is 0.619. The van der Waals surface area contributed by atoms with Gasteiger partial charge in [0.25, 0.3) is 5.91 Å². The molecule has 1 aromatic rings. The maximum absolute atomic E-state index is 14.3. The molecule has 2 atom stereocenters. The van der Waals surface area contributed by atoms with Crippen molar-refractivity contribution >= 4 is 35.8 Å². The Hall–Kier alpha value is -1.53. The summed E-state index contributed by atoms with van der Waals surface area (Å²) >= 11 is 0. The molecule has 10 heteroatoms. The van der Waals surface area contributed by atoms with Crippen LogP contribution >= 0.6 is 24.0 Å². The lowest BCUT2D eigenvalue weighted by atomic mass is 10.0. The summed E-state index contributed by atoms with van der Waals surface area (Å²) in [6, 6.07) is 3.41. The molecule has 0 aromatic heterocycles. The van der Waals surface area contributed by atoms with Gasteiger partial charge in [-0.05, 0) is 39.1 Å². The van der Waals surface area contributed by atoms with E-state index in [-0.39, 0.29) is 41.6 Å². The van der Waals surface area contributed by atoms with E-state index in [1.165, 1.54) is 18.2 Å². The molecule has 1 N–H and O–H groups in total. The van der Waals surface area contributed by atoms with Crippen LogP contribution in [-0.4, -0.2) is 93.1 Å². The second kappa shape index (κ2) is 11.9. The van der Waals surface area contributed by atoms with Crippen LogP contribution in [0.25, 0.3) is 0 Å². The van der Waals surface area contributed by atoms with Crippen LogP contribution in [-0.2, 0) is 9.53 Å². The lowest BCUT2D eigenvalue weighted by Crippen LogP contribution is -2.55. The monoisotopic (exact) mass is 551 g/mol. The molecule has 2 fully saturated rings. The van der Waals surface area contributed by atoms with Crippen molar-refractivity contribution in [1.82, 2.24) is 20.0 Å². The third kappa shape index (κ3) is 6.26. The van der Waals surface area contributed by atoms with Gasteiger partial charge >= 0.3 is 0 Å². The van der Waals surface area contributed by atoms with E-state index in [4.69, 9.17) is 4.74 Å². The smallest absolute Gasteiger partial charge is 0.251 e. The molecular formula is C21H32F2IN5O2. The van der Waals surface area contributed by atoms with Crippen LogP contribution in [0.2, 0.25) is 0 Å². The number of hydrogen-bond acceptors (Lipinski definition) is 4. The maximum atomic E-state index is 14.3. The number of guanidine groups is 1. The van der Waals surface area contributed by atoms with Gasteiger partial charge < -0.3 is 24.8 Å². The van der Waals surface area contributed by atoms with E-state index in [0.717, 1.165) is 12.8 Å². The SMILES string of the molecule is CN=C(NCC(c1c(F)cccc1F)N(C)C)N1CCN(C(=O)C2CCCO2)CC1.I. The fourth-order valence-electron chi connectivity index (χ4n) is 4.01. The minimum absolute atomic E-state index is 0. The lowest BCUT2D eigenvalue weighted by Gasteiger charge is -2.38. The van der Waals surface area contributed by atoms with Crippen LogP contribution < -0.4 is 5.32 Å². The number of piperazine rings is 1. The summed E-state index contributed by atoms with van der Waals surface area (Å²) in [4.78, 5) is 22.5. The average Bonchev–Trinajstić information content (AvgIpc) is 3.27. The molecular weight excluding hydrogens is 519 g/mol. The Kier molecular flexibility index (Phi) is 9.89. The Labute approximate surface area is 199 Å². The molecule has 174 valence electrons. The van der Waals surface area contributed by atoms with E-state index >= 15 is 0 Å². The van der Waals surface area contributed by atoms with Crippen LogP contribution in [0.15, 0.2) is 23.2 Å². The number of halogens is 3. The molecule has 0 radical (unpaired) electrons. The van der Waals surface area contributed by atoms with Crippen LogP contribution in [0, 0.1) is 11.6 Å². The molecule has 2 unspecified atom stereocenters. The Balaban J connectivity index is 0.00000341. The zero-order valence-electron chi connectivity index (χ0n) is 18.3. The van der Waals surface area contributed by atoms with Crippen molar-refractivity contribution in [2.24, 2.45) is 4.99 Å². The molecule has 7 nitrogen and oxygen atoms in total. The number of aliphatic imine (C=N–C) groups is 1. The van der Waals surface area contributed by atoms with Gasteiger partial charge in [0.15, 0.2) is 5.96 Å². The molecule has 1 aromatic carbocycles. The highest BCUT2D eigenvalue weighted by atomic mass is 127. The summed E-state index contributed by atoms with van der Waals surface area (Å²) in [5.41, 5.74) is 0.0393. The van der Waals surface area contributed by atoms with Crippen molar-refractivity contribution in [3.8, 4) is 0 Å². The second-order valence-corrected chi connectivity index (χ2v) is 7.86. The van der Waals surface area contributed by atoms with Gasteiger partial charge in [-0.25, -0.2) is 8.78 Å². The molecule has 31 heavy (non-hydrogen) atoms. The highest BCUT2D eigenvalue weighted by molar-refractivity contribution is 14.0. The van der Waals surface area contributed by atoms with Crippen molar-refractivity contribution in [1.29, 1.82) is 0 Å². The Morgan fingerprint density at radius 1 is 1.23 bits per heavy atom. The third-order valence-corrected chi connectivity index (χ3v) is 5.72. The molecule has 0 saturated carbocycles. The van der Waals surface area contributed by atoms with E-state index in [9.17, 15) is 13.6 Å². The van der Waals surface area contributed by atoms with Crippen molar-refractivity contribution in [3.63, 3.8) is 0 Å². The maximum Gasteiger partial charge on any atom is 0.251 e. The number of rotatable bonds is 5. The number of nitrogens with one attached hydrogen (secondary N) is 1. The Morgan fingerprint density at radius 2 is 1.84 bits per heavy atom. The van der Waals surface area contributed by atoms with Gasteiger partial charge in [-0.2, -0.15) is 0 Å². The molecule has 2 aliphatic rings. The zero-order valence-corrected chi connectivity index (χ0v) is 20.6. The van der Waals surface area contributed by atoms with E-state index in [1.807, 2.05) is 4.90 Å². The Bertz CT molecular complexity index is 746. The second-order valence-electron chi connectivity index (χ2n) is 7.86. The first-order valence-corrected chi connectivity index (χ1v) is 10.4. The summed E-state index contributed by atoms with van der Waals surface area (Å²) in [5.74, 6) is -0.404. The van der Waals surface area contributed by atoms with Gasteiger partial charge in [-0.3, -0.25) is 9.79 Å². The summed E-state index contributed by atoms with van der Waals surface area (Å²) in [6.07, 6.45) is 1.43. The number of hydrogen-bond donors (Lipinski definition) is 1. The number of amides is 1. The van der Waals surface area contributed by atoms with Gasteiger partial charge in [0, 0.05) is 51.9 Å². The standard InChI is InChI=1S/C21H31F2N5O2.HI/c1-24-21(25-14-17(26(2)3)19-15(22)6-4-7-16(19)23)28-11-9-27(10-12-28)20(29)18-8-5-13-30-18;/h4,6-7,17-18H,5,8-14H2,1-3H3,(H,24,25);1H. The summed E-state index contributed by atoms with van der Waals surface area (Å²) in [7, 11) is 5.26. The number of likely N-dealkylation sites (N-methyl/N-ethyl adjacent to an activating group) is 1. The normalized spacial score (nSPS) is 20.6. The van der Waals surface area contributed by atoms with Gasteiger partial charge in [0.1, 0.15) is 17.7 Å². The van der Waals surface area contributed by atoms with Crippen molar-refractivity contribution in [3.05, 3.63) is 35.4 Å². The van der Waals surface area contributed by atoms with Crippen LogP contribution in [0.5, 0.6) is 0 Å². The number of ether oxygens (including phenoxy) is 1. The number of carbonyl (C=O) groups is 1. The highest BCUT2D eigenvalue weighted by Gasteiger charge is 2.31. The molecule has 2 aliphatic heterocycles. The summed E-state index contributed by atoms with van der Waals surface area (Å²) in [5, 5.41) is 3.25. The molecule has 0 spiro atoms. The van der Waals surface area contributed by atoms with Gasteiger partial charge in [0.05, 0.1) is 6.04 Å². The van der Waals surface area contributed by atoms with E-state index in [1.54, 1.807) is 26.0 Å². The van der Waals surface area contributed by atoms with E-state index in [2.05, 4.69) is 15.2 Å². The number of nitrogens with zero attached hydrogens (tertiary/aromatic N) is 4. The summed E-state index contributed by atoms with van der Waals surface area (Å²) in [6.45, 7) is 3.42. The predicted molar refractivity (Wildman–Crippen MR) is 127 cm³/mol. The van der Waals surface area contributed by atoms with Crippen molar-refractivity contribution in [2.75, 3.05) is 60.5 Å². The largest absolute Gasteiger partial charge is 0.368 e. The van der Waals surface area contributed by atoms with E-state index in [0.29, 0.717) is 45.3 Å². The lowest BCUT2D eigenvalue weighted by molar-refractivity contribution is -0.142. The third-order valence-electron chi connectivity index (χ3n) is 5.72. The molecule has 3 rings (SSSR count). The number of benzene rings is 1.